The number of fused-ring (bicyclic) bond motifs is 1. The number of benzene rings is 1. The first kappa shape index (κ1) is 13.1. The molecule has 1 aliphatic carbocycles. The van der Waals surface area contributed by atoms with E-state index in [2.05, 4.69) is 44.7 Å². The van der Waals surface area contributed by atoms with E-state index in [1.54, 1.807) is 0 Å². The van der Waals surface area contributed by atoms with Crippen molar-refractivity contribution in [1.29, 1.82) is 0 Å². The maximum Gasteiger partial charge on any atom is 0.156 e. The fraction of sp³-hybridized carbons (Fsp3) is 0.312. The molecule has 1 aromatic carbocycles. The van der Waals surface area contributed by atoms with E-state index in [1.807, 2.05) is 23.9 Å². The molecule has 0 spiro atoms. The lowest BCUT2D eigenvalue weighted by molar-refractivity contribution is 0.622. The number of nitrogens with zero attached hydrogens (tertiary/aromatic N) is 2. The van der Waals surface area contributed by atoms with Crippen molar-refractivity contribution < 1.29 is 4.42 Å². The molecule has 1 fully saturated rings. The third kappa shape index (κ3) is 2.63. The van der Waals surface area contributed by atoms with Gasteiger partial charge in [-0.25, -0.2) is 0 Å². The van der Waals surface area contributed by atoms with E-state index in [1.165, 1.54) is 18.4 Å². The molecule has 108 valence electrons. The standard InChI is InChI=1S/C16H16BrN3O/c1-20-9-11(8-18-13-3-4-13)16(19-20)15-7-10-6-12(17)2-5-14(10)21-15/h2,5-7,9,13,18H,3-4,8H2,1H3. The lowest BCUT2D eigenvalue weighted by Gasteiger charge is -2.01. The summed E-state index contributed by atoms with van der Waals surface area (Å²) in [5, 5.41) is 9.19. The fourth-order valence-corrected chi connectivity index (χ4v) is 2.93. The number of hydrogen-bond donors (Lipinski definition) is 1. The number of halogens is 1. The summed E-state index contributed by atoms with van der Waals surface area (Å²) in [6, 6.07) is 8.78. The maximum atomic E-state index is 5.96. The second-order valence-electron chi connectivity index (χ2n) is 5.62. The second-order valence-corrected chi connectivity index (χ2v) is 6.54. The quantitative estimate of drug-likeness (QED) is 0.780. The highest BCUT2D eigenvalue weighted by Crippen LogP contribution is 2.31. The molecule has 2 heterocycles. The number of hydrogen-bond acceptors (Lipinski definition) is 3. The van der Waals surface area contributed by atoms with Gasteiger partial charge < -0.3 is 9.73 Å². The fourth-order valence-electron chi connectivity index (χ4n) is 2.55. The van der Waals surface area contributed by atoms with E-state index in [0.29, 0.717) is 6.04 Å². The van der Waals surface area contributed by atoms with Gasteiger partial charge >= 0.3 is 0 Å². The Balaban J connectivity index is 1.72. The molecule has 0 saturated heterocycles. The molecule has 3 aromatic rings. The minimum Gasteiger partial charge on any atom is -0.454 e. The van der Waals surface area contributed by atoms with Crippen LogP contribution in [0, 0.1) is 0 Å². The van der Waals surface area contributed by atoms with Crippen LogP contribution in [0.3, 0.4) is 0 Å². The molecule has 0 bridgehead atoms. The van der Waals surface area contributed by atoms with Gasteiger partial charge in [-0.3, -0.25) is 4.68 Å². The number of aromatic nitrogens is 2. The van der Waals surface area contributed by atoms with E-state index in [0.717, 1.165) is 33.4 Å². The minimum absolute atomic E-state index is 0.685. The van der Waals surface area contributed by atoms with Gasteiger partial charge in [-0.1, -0.05) is 15.9 Å². The zero-order valence-corrected chi connectivity index (χ0v) is 13.4. The van der Waals surface area contributed by atoms with Crippen LogP contribution < -0.4 is 5.32 Å². The van der Waals surface area contributed by atoms with E-state index in [4.69, 9.17) is 4.42 Å². The Hall–Kier alpha value is -1.59. The number of furan rings is 1. The minimum atomic E-state index is 0.685. The summed E-state index contributed by atoms with van der Waals surface area (Å²) in [4.78, 5) is 0. The van der Waals surface area contributed by atoms with E-state index < -0.39 is 0 Å². The average molecular weight is 346 g/mol. The van der Waals surface area contributed by atoms with E-state index in [-0.39, 0.29) is 0 Å². The Morgan fingerprint density at radius 2 is 2.24 bits per heavy atom. The van der Waals surface area contributed by atoms with Crippen molar-refractivity contribution in [3.05, 3.63) is 40.5 Å². The maximum absolute atomic E-state index is 5.96. The number of nitrogens with one attached hydrogen (secondary N) is 1. The van der Waals surface area contributed by atoms with Crippen molar-refractivity contribution in [2.45, 2.75) is 25.4 Å². The van der Waals surface area contributed by atoms with Crippen molar-refractivity contribution in [2.75, 3.05) is 0 Å². The highest BCUT2D eigenvalue weighted by Gasteiger charge is 2.22. The Kier molecular flexibility index (Phi) is 3.12. The normalized spacial score (nSPS) is 15.0. The van der Waals surface area contributed by atoms with E-state index >= 15 is 0 Å². The largest absolute Gasteiger partial charge is 0.454 e. The first-order valence-corrected chi connectivity index (χ1v) is 7.94. The third-order valence-electron chi connectivity index (χ3n) is 3.77. The summed E-state index contributed by atoms with van der Waals surface area (Å²) < 4.78 is 8.87. The molecular weight excluding hydrogens is 330 g/mol. The third-order valence-corrected chi connectivity index (χ3v) is 4.27. The van der Waals surface area contributed by atoms with Gasteiger partial charge in [0.05, 0.1) is 0 Å². The number of aryl methyl sites for hydroxylation is 1. The van der Waals surface area contributed by atoms with Crippen LogP contribution in [-0.4, -0.2) is 15.8 Å². The molecule has 2 aromatic heterocycles. The number of rotatable bonds is 4. The molecule has 0 atom stereocenters. The van der Waals surface area contributed by atoms with Crippen LogP contribution in [-0.2, 0) is 13.6 Å². The van der Waals surface area contributed by atoms with Crippen LogP contribution in [0.25, 0.3) is 22.4 Å². The smallest absolute Gasteiger partial charge is 0.156 e. The molecule has 5 heteroatoms. The lowest BCUT2D eigenvalue weighted by atomic mass is 10.2. The highest BCUT2D eigenvalue weighted by atomic mass is 79.9. The van der Waals surface area contributed by atoms with Crippen LogP contribution in [0.1, 0.15) is 18.4 Å². The molecule has 21 heavy (non-hydrogen) atoms. The van der Waals surface area contributed by atoms with Crippen LogP contribution in [0.5, 0.6) is 0 Å². The van der Waals surface area contributed by atoms with Gasteiger partial charge in [0.25, 0.3) is 0 Å². The zero-order valence-electron chi connectivity index (χ0n) is 11.8. The van der Waals surface area contributed by atoms with Crippen molar-refractivity contribution in [3.63, 3.8) is 0 Å². The zero-order chi connectivity index (χ0) is 14.4. The highest BCUT2D eigenvalue weighted by molar-refractivity contribution is 9.10. The van der Waals surface area contributed by atoms with Gasteiger partial charge in [-0.15, -0.1) is 0 Å². The molecule has 4 rings (SSSR count). The second kappa shape index (κ2) is 5.00. The van der Waals surface area contributed by atoms with Gasteiger partial charge in [0.1, 0.15) is 11.3 Å². The molecular formula is C16H16BrN3O. The SMILES string of the molecule is Cn1cc(CNC2CC2)c(-c2cc3cc(Br)ccc3o2)n1. The van der Waals surface area contributed by atoms with Crippen LogP contribution in [0.2, 0.25) is 0 Å². The van der Waals surface area contributed by atoms with Crippen LogP contribution in [0.4, 0.5) is 0 Å². The lowest BCUT2D eigenvalue weighted by Crippen LogP contribution is -2.15. The van der Waals surface area contributed by atoms with Gasteiger partial charge in [0, 0.05) is 41.3 Å². The summed E-state index contributed by atoms with van der Waals surface area (Å²) >= 11 is 3.49. The molecule has 0 unspecified atom stereocenters. The monoisotopic (exact) mass is 345 g/mol. The van der Waals surface area contributed by atoms with Gasteiger partial charge in [-0.2, -0.15) is 5.10 Å². The van der Waals surface area contributed by atoms with Crippen LogP contribution >= 0.6 is 15.9 Å². The molecule has 0 amide bonds. The van der Waals surface area contributed by atoms with Crippen LogP contribution in [0.15, 0.2) is 39.4 Å². The molecule has 1 saturated carbocycles. The van der Waals surface area contributed by atoms with Crippen molar-refractivity contribution in [3.8, 4) is 11.5 Å². The van der Waals surface area contributed by atoms with E-state index in [9.17, 15) is 0 Å². The molecule has 1 aliphatic rings. The van der Waals surface area contributed by atoms with Gasteiger partial charge in [0.15, 0.2) is 5.76 Å². The molecule has 0 aliphatic heterocycles. The molecule has 4 nitrogen and oxygen atoms in total. The molecule has 1 N–H and O–H groups in total. The van der Waals surface area contributed by atoms with Crippen molar-refractivity contribution >= 4 is 26.9 Å². The summed E-state index contributed by atoms with van der Waals surface area (Å²) in [5.41, 5.74) is 3.00. The summed E-state index contributed by atoms with van der Waals surface area (Å²) in [6.07, 6.45) is 4.64. The Morgan fingerprint density at radius 1 is 1.38 bits per heavy atom. The Bertz CT molecular complexity index is 801. The predicted molar refractivity (Wildman–Crippen MR) is 86.0 cm³/mol. The van der Waals surface area contributed by atoms with Crippen molar-refractivity contribution in [1.82, 2.24) is 15.1 Å². The average Bonchev–Trinajstić information content (AvgIpc) is 3.07. The van der Waals surface area contributed by atoms with Gasteiger partial charge in [-0.05, 0) is 37.1 Å². The first-order chi connectivity index (χ1) is 10.2. The first-order valence-electron chi connectivity index (χ1n) is 7.14. The Morgan fingerprint density at radius 3 is 3.05 bits per heavy atom. The molecule has 0 radical (unpaired) electrons. The summed E-state index contributed by atoms with van der Waals surface area (Å²) in [6.45, 7) is 0.842. The predicted octanol–water partition coefficient (Wildman–Crippen LogP) is 3.85. The van der Waals surface area contributed by atoms with Crippen molar-refractivity contribution in [2.24, 2.45) is 7.05 Å². The van der Waals surface area contributed by atoms with Gasteiger partial charge in [0.2, 0.25) is 0 Å². The summed E-state index contributed by atoms with van der Waals surface area (Å²) in [7, 11) is 1.95. The summed E-state index contributed by atoms with van der Waals surface area (Å²) in [5.74, 6) is 0.830. The Labute approximate surface area is 131 Å². The topological polar surface area (TPSA) is 43.0 Å².